The smallest absolute Gasteiger partial charge is 0.0600 e. The first kappa shape index (κ1) is 11.2. The van der Waals surface area contributed by atoms with Crippen LogP contribution in [-0.2, 0) is 0 Å². The van der Waals surface area contributed by atoms with E-state index in [1.807, 2.05) is 19.1 Å². The molecule has 0 aliphatic heterocycles. The molecule has 0 atom stereocenters. The van der Waals surface area contributed by atoms with E-state index < -0.39 is 0 Å². The minimum atomic E-state index is 0.792. The fourth-order valence-electron chi connectivity index (χ4n) is 1.20. The molecular formula is C13H16N2. The number of nitrogens with one attached hydrogen (secondary N) is 1. The summed E-state index contributed by atoms with van der Waals surface area (Å²) in [5, 5.41) is 3.19. The van der Waals surface area contributed by atoms with Crippen LogP contribution in [0.4, 0.5) is 5.69 Å². The largest absolute Gasteiger partial charge is 0.355 e. The fourth-order valence-corrected chi connectivity index (χ4v) is 1.20. The molecular weight excluding hydrogens is 184 g/mol. The summed E-state index contributed by atoms with van der Waals surface area (Å²) >= 11 is 0. The monoisotopic (exact) mass is 200 g/mol. The van der Waals surface area contributed by atoms with Crippen LogP contribution in [0.2, 0.25) is 0 Å². The summed E-state index contributed by atoms with van der Waals surface area (Å²) in [6.45, 7) is 11.4. The van der Waals surface area contributed by atoms with Gasteiger partial charge in [0.25, 0.3) is 0 Å². The molecule has 0 aliphatic carbocycles. The second kappa shape index (κ2) is 5.15. The van der Waals surface area contributed by atoms with Gasteiger partial charge in [0.05, 0.1) is 11.4 Å². The average molecular weight is 200 g/mol. The molecule has 0 heterocycles. The van der Waals surface area contributed by atoms with Crippen LogP contribution in [0.3, 0.4) is 0 Å². The topological polar surface area (TPSA) is 24.4 Å². The van der Waals surface area contributed by atoms with E-state index in [0.29, 0.717) is 0 Å². The predicted octanol–water partition coefficient (Wildman–Crippen LogP) is 3.53. The first-order valence-electron chi connectivity index (χ1n) is 4.81. The lowest BCUT2D eigenvalue weighted by Crippen LogP contribution is -2.06. The Morgan fingerprint density at radius 1 is 1.47 bits per heavy atom. The SMILES string of the molecule is C=C/N=C(\C)C(=C)Nc1cccc(C)c1. The Morgan fingerprint density at radius 2 is 2.20 bits per heavy atom. The minimum absolute atomic E-state index is 0.792. The molecule has 1 aromatic rings. The van der Waals surface area contributed by atoms with Gasteiger partial charge in [0.2, 0.25) is 0 Å². The molecule has 0 fully saturated rings. The van der Waals surface area contributed by atoms with Crippen molar-refractivity contribution < 1.29 is 0 Å². The number of aliphatic imine (C=N–C) groups is 1. The molecule has 0 unspecified atom stereocenters. The Kier molecular flexibility index (Phi) is 3.86. The summed E-state index contributed by atoms with van der Waals surface area (Å²) in [4.78, 5) is 4.06. The molecule has 1 aromatic carbocycles. The van der Waals surface area contributed by atoms with Crippen LogP contribution in [0.25, 0.3) is 0 Å². The van der Waals surface area contributed by atoms with Crippen molar-refractivity contribution in [2.75, 3.05) is 5.32 Å². The maximum Gasteiger partial charge on any atom is 0.0600 e. The zero-order valence-electron chi connectivity index (χ0n) is 9.25. The summed E-state index contributed by atoms with van der Waals surface area (Å²) < 4.78 is 0. The molecule has 0 saturated heterocycles. The summed E-state index contributed by atoms with van der Waals surface area (Å²) in [6.07, 6.45) is 1.51. The number of hydrogen-bond donors (Lipinski definition) is 1. The maximum atomic E-state index is 4.06. The van der Waals surface area contributed by atoms with Gasteiger partial charge in [-0.1, -0.05) is 25.3 Å². The molecule has 78 valence electrons. The lowest BCUT2D eigenvalue weighted by atomic mass is 10.2. The van der Waals surface area contributed by atoms with Crippen molar-refractivity contribution in [3.8, 4) is 0 Å². The van der Waals surface area contributed by atoms with Gasteiger partial charge in [-0.2, -0.15) is 0 Å². The number of allylic oxidation sites excluding steroid dienone is 1. The Balaban J connectivity index is 2.74. The number of aryl methyl sites for hydroxylation is 1. The molecule has 0 spiro atoms. The third-order valence-corrected chi connectivity index (χ3v) is 2.03. The van der Waals surface area contributed by atoms with Crippen molar-refractivity contribution in [2.24, 2.45) is 4.99 Å². The second-order valence-electron chi connectivity index (χ2n) is 3.37. The van der Waals surface area contributed by atoms with Crippen LogP contribution in [0.15, 0.2) is 54.3 Å². The number of rotatable bonds is 4. The lowest BCUT2D eigenvalue weighted by Gasteiger charge is -2.09. The normalized spacial score (nSPS) is 10.9. The van der Waals surface area contributed by atoms with E-state index in [9.17, 15) is 0 Å². The van der Waals surface area contributed by atoms with E-state index in [1.165, 1.54) is 11.8 Å². The molecule has 2 heteroatoms. The standard InChI is InChI=1S/C13H16N2/c1-5-14-11(3)12(4)15-13-8-6-7-10(2)9-13/h5-9,15H,1,4H2,2-3H3/b14-11+. The molecule has 0 aliphatic rings. The Morgan fingerprint density at radius 3 is 2.80 bits per heavy atom. The van der Waals surface area contributed by atoms with E-state index in [4.69, 9.17) is 0 Å². The van der Waals surface area contributed by atoms with Crippen LogP contribution in [0.1, 0.15) is 12.5 Å². The van der Waals surface area contributed by atoms with Gasteiger partial charge in [-0.25, -0.2) is 0 Å². The van der Waals surface area contributed by atoms with E-state index in [1.54, 1.807) is 0 Å². The van der Waals surface area contributed by atoms with Crippen LogP contribution in [-0.4, -0.2) is 5.71 Å². The van der Waals surface area contributed by atoms with Crippen molar-refractivity contribution in [1.29, 1.82) is 0 Å². The highest BCUT2D eigenvalue weighted by Gasteiger charge is 1.98. The fraction of sp³-hybridized carbons (Fsp3) is 0.154. The molecule has 1 rings (SSSR count). The van der Waals surface area contributed by atoms with Crippen molar-refractivity contribution >= 4 is 11.4 Å². The van der Waals surface area contributed by atoms with Gasteiger partial charge in [-0.15, -0.1) is 0 Å². The molecule has 0 amide bonds. The molecule has 15 heavy (non-hydrogen) atoms. The van der Waals surface area contributed by atoms with Crippen molar-refractivity contribution in [1.82, 2.24) is 0 Å². The molecule has 2 nitrogen and oxygen atoms in total. The van der Waals surface area contributed by atoms with Gasteiger partial charge in [0.1, 0.15) is 0 Å². The van der Waals surface area contributed by atoms with Crippen LogP contribution in [0.5, 0.6) is 0 Å². The van der Waals surface area contributed by atoms with Crippen LogP contribution < -0.4 is 5.32 Å². The molecule has 0 saturated carbocycles. The molecule has 0 bridgehead atoms. The van der Waals surface area contributed by atoms with E-state index in [-0.39, 0.29) is 0 Å². The van der Waals surface area contributed by atoms with Gasteiger partial charge in [-0.3, -0.25) is 4.99 Å². The van der Waals surface area contributed by atoms with E-state index >= 15 is 0 Å². The van der Waals surface area contributed by atoms with E-state index in [2.05, 4.69) is 42.5 Å². The van der Waals surface area contributed by atoms with Gasteiger partial charge in [0.15, 0.2) is 0 Å². The zero-order chi connectivity index (χ0) is 11.3. The molecule has 0 aromatic heterocycles. The van der Waals surface area contributed by atoms with E-state index in [0.717, 1.165) is 17.1 Å². The lowest BCUT2D eigenvalue weighted by molar-refractivity contribution is 1.42. The highest BCUT2D eigenvalue weighted by Crippen LogP contribution is 2.12. The molecule has 0 radical (unpaired) electrons. The summed E-state index contributed by atoms with van der Waals surface area (Å²) in [5.41, 5.74) is 3.87. The third kappa shape index (κ3) is 3.43. The summed E-state index contributed by atoms with van der Waals surface area (Å²) in [5.74, 6) is 0. The Labute approximate surface area is 91.1 Å². The van der Waals surface area contributed by atoms with Gasteiger partial charge < -0.3 is 5.32 Å². The highest BCUT2D eigenvalue weighted by atomic mass is 14.9. The van der Waals surface area contributed by atoms with Crippen molar-refractivity contribution in [3.63, 3.8) is 0 Å². The Hall–Kier alpha value is -1.83. The van der Waals surface area contributed by atoms with Crippen LogP contribution >= 0.6 is 0 Å². The summed E-state index contributed by atoms with van der Waals surface area (Å²) in [7, 11) is 0. The molecule has 1 N–H and O–H groups in total. The average Bonchev–Trinajstić information content (AvgIpc) is 2.18. The number of benzene rings is 1. The summed E-state index contributed by atoms with van der Waals surface area (Å²) in [6, 6.07) is 8.12. The van der Waals surface area contributed by atoms with Gasteiger partial charge in [-0.05, 0) is 31.5 Å². The van der Waals surface area contributed by atoms with Crippen molar-refractivity contribution in [3.05, 3.63) is 54.9 Å². The quantitative estimate of drug-likeness (QED) is 0.739. The first-order chi connectivity index (χ1) is 7.13. The second-order valence-corrected chi connectivity index (χ2v) is 3.37. The first-order valence-corrected chi connectivity index (χ1v) is 4.81. The number of hydrogen-bond acceptors (Lipinski definition) is 2. The highest BCUT2D eigenvalue weighted by molar-refractivity contribution is 6.00. The number of anilines is 1. The number of nitrogens with zero attached hydrogens (tertiary/aromatic N) is 1. The predicted molar refractivity (Wildman–Crippen MR) is 67.2 cm³/mol. The van der Waals surface area contributed by atoms with Crippen molar-refractivity contribution in [2.45, 2.75) is 13.8 Å². The van der Waals surface area contributed by atoms with Crippen LogP contribution in [0, 0.1) is 6.92 Å². The van der Waals surface area contributed by atoms with Gasteiger partial charge >= 0.3 is 0 Å². The van der Waals surface area contributed by atoms with Gasteiger partial charge in [0, 0.05) is 11.9 Å². The third-order valence-electron chi connectivity index (χ3n) is 2.03. The minimum Gasteiger partial charge on any atom is -0.355 e. The maximum absolute atomic E-state index is 4.06. The zero-order valence-corrected chi connectivity index (χ0v) is 9.25. The Bertz CT molecular complexity index is 403.